The van der Waals surface area contributed by atoms with Gasteiger partial charge in [0.05, 0.1) is 11.7 Å². The van der Waals surface area contributed by atoms with Gasteiger partial charge in [-0.2, -0.15) is 0 Å². The Morgan fingerprint density at radius 3 is 2.32 bits per heavy atom. The molecule has 0 saturated heterocycles. The molecule has 0 bridgehead atoms. The quantitative estimate of drug-likeness (QED) is 0.695. The van der Waals surface area contributed by atoms with Crippen LogP contribution in [0.2, 0.25) is 0 Å². The zero-order valence-electron chi connectivity index (χ0n) is 12.1. The lowest BCUT2D eigenvalue weighted by atomic mass is 9.88. The van der Waals surface area contributed by atoms with Crippen molar-refractivity contribution in [2.75, 3.05) is 0 Å². The predicted octanol–water partition coefficient (Wildman–Crippen LogP) is 4.00. The van der Waals surface area contributed by atoms with Gasteiger partial charge < -0.3 is 10.2 Å². The lowest BCUT2D eigenvalue weighted by Gasteiger charge is -2.26. The van der Waals surface area contributed by atoms with Crippen LogP contribution in [-0.2, 0) is 0 Å². The maximum absolute atomic E-state index is 10.3. The molecule has 0 heterocycles. The van der Waals surface area contributed by atoms with Crippen molar-refractivity contribution in [2.45, 2.75) is 57.7 Å². The minimum atomic E-state index is -0.630. The smallest absolute Gasteiger partial charge is 0.0793 e. The van der Waals surface area contributed by atoms with Crippen LogP contribution in [-0.4, -0.2) is 15.8 Å². The maximum Gasteiger partial charge on any atom is 0.0793 e. The molecule has 0 fully saturated rings. The highest BCUT2D eigenvalue weighted by molar-refractivity contribution is 5.17. The minimum Gasteiger partial charge on any atom is -0.390 e. The summed E-state index contributed by atoms with van der Waals surface area (Å²) in [7, 11) is 0. The monoisotopic (exact) mass is 262 g/mol. The Balaban J connectivity index is 2.42. The Labute approximate surface area is 116 Å². The lowest BCUT2D eigenvalue weighted by Crippen LogP contribution is -2.26. The molecule has 1 rings (SSSR count). The molecule has 2 nitrogen and oxygen atoms in total. The van der Waals surface area contributed by atoms with Crippen LogP contribution in [0.5, 0.6) is 0 Å². The summed E-state index contributed by atoms with van der Waals surface area (Å²) < 4.78 is 0. The molecule has 2 heteroatoms. The molecular formula is C17H26O2. The third-order valence-electron chi connectivity index (χ3n) is 3.85. The first kappa shape index (κ1) is 15.9. The van der Waals surface area contributed by atoms with Crippen LogP contribution < -0.4 is 0 Å². The van der Waals surface area contributed by atoms with Gasteiger partial charge in [-0.3, -0.25) is 0 Å². The standard InChI is InChI=1S/C17H26O2/c1-4-17(19,5-2)13-14(3)11-12-16(18)15-9-7-6-8-10-15/h6-10,16,18-19H,3-5,11-13H2,1-2H3. The summed E-state index contributed by atoms with van der Waals surface area (Å²) in [6, 6.07) is 9.67. The average molecular weight is 262 g/mol. The molecular weight excluding hydrogens is 236 g/mol. The first-order valence-electron chi connectivity index (χ1n) is 7.12. The third kappa shape index (κ3) is 5.17. The van der Waals surface area contributed by atoms with Crippen LogP contribution in [0.25, 0.3) is 0 Å². The van der Waals surface area contributed by atoms with Gasteiger partial charge in [0, 0.05) is 0 Å². The van der Waals surface area contributed by atoms with E-state index in [9.17, 15) is 10.2 Å². The van der Waals surface area contributed by atoms with Crippen molar-refractivity contribution in [1.82, 2.24) is 0 Å². The van der Waals surface area contributed by atoms with E-state index in [4.69, 9.17) is 0 Å². The van der Waals surface area contributed by atoms with Crippen LogP contribution in [0, 0.1) is 0 Å². The van der Waals surface area contributed by atoms with Gasteiger partial charge in [-0.25, -0.2) is 0 Å². The molecule has 1 unspecified atom stereocenters. The molecule has 106 valence electrons. The predicted molar refractivity (Wildman–Crippen MR) is 79.9 cm³/mol. The lowest BCUT2D eigenvalue weighted by molar-refractivity contribution is 0.0315. The fourth-order valence-electron chi connectivity index (χ4n) is 2.24. The minimum absolute atomic E-state index is 0.450. The second-order valence-electron chi connectivity index (χ2n) is 5.32. The highest BCUT2D eigenvalue weighted by Crippen LogP contribution is 2.27. The second-order valence-corrected chi connectivity index (χ2v) is 5.32. The van der Waals surface area contributed by atoms with Crippen molar-refractivity contribution < 1.29 is 10.2 Å². The summed E-state index contributed by atoms with van der Waals surface area (Å²) in [5.41, 5.74) is 1.33. The normalized spacial score (nSPS) is 13.3. The Morgan fingerprint density at radius 1 is 1.21 bits per heavy atom. The van der Waals surface area contributed by atoms with Crippen LogP contribution >= 0.6 is 0 Å². The zero-order valence-corrected chi connectivity index (χ0v) is 12.1. The SMILES string of the molecule is C=C(CCC(O)c1ccccc1)CC(O)(CC)CC. The van der Waals surface area contributed by atoms with Gasteiger partial charge in [-0.05, 0) is 37.7 Å². The van der Waals surface area contributed by atoms with Crippen LogP contribution in [0.4, 0.5) is 0 Å². The molecule has 0 aromatic heterocycles. The van der Waals surface area contributed by atoms with Crippen molar-refractivity contribution in [3.8, 4) is 0 Å². The van der Waals surface area contributed by atoms with Gasteiger partial charge >= 0.3 is 0 Å². The molecule has 1 aromatic rings. The van der Waals surface area contributed by atoms with Crippen molar-refractivity contribution in [1.29, 1.82) is 0 Å². The molecule has 0 spiro atoms. The van der Waals surface area contributed by atoms with Crippen molar-refractivity contribution in [2.24, 2.45) is 0 Å². The van der Waals surface area contributed by atoms with E-state index in [1.165, 1.54) is 0 Å². The van der Waals surface area contributed by atoms with Gasteiger partial charge in [0.15, 0.2) is 0 Å². The summed E-state index contributed by atoms with van der Waals surface area (Å²) in [5, 5.41) is 20.3. The Kier molecular flexibility index (Phi) is 6.26. The molecule has 0 amide bonds. The molecule has 1 atom stereocenters. The van der Waals surface area contributed by atoms with E-state index in [0.29, 0.717) is 12.8 Å². The fraction of sp³-hybridized carbons (Fsp3) is 0.529. The number of benzene rings is 1. The van der Waals surface area contributed by atoms with E-state index in [2.05, 4.69) is 6.58 Å². The molecule has 0 aliphatic heterocycles. The number of hydrogen-bond donors (Lipinski definition) is 2. The number of aliphatic hydroxyl groups excluding tert-OH is 1. The van der Waals surface area contributed by atoms with E-state index in [-0.39, 0.29) is 0 Å². The second kappa shape index (κ2) is 7.46. The highest BCUT2D eigenvalue weighted by Gasteiger charge is 2.23. The highest BCUT2D eigenvalue weighted by atomic mass is 16.3. The van der Waals surface area contributed by atoms with Gasteiger partial charge in [0.1, 0.15) is 0 Å². The number of rotatable bonds is 8. The molecule has 0 radical (unpaired) electrons. The summed E-state index contributed by atoms with van der Waals surface area (Å²) >= 11 is 0. The Hall–Kier alpha value is -1.12. The van der Waals surface area contributed by atoms with E-state index in [1.807, 2.05) is 44.2 Å². The Bertz CT molecular complexity index is 380. The van der Waals surface area contributed by atoms with E-state index < -0.39 is 11.7 Å². The summed E-state index contributed by atoms with van der Waals surface area (Å²) in [5.74, 6) is 0. The van der Waals surface area contributed by atoms with Crippen LogP contribution in [0.3, 0.4) is 0 Å². The van der Waals surface area contributed by atoms with Crippen LogP contribution in [0.1, 0.15) is 57.6 Å². The maximum atomic E-state index is 10.3. The largest absolute Gasteiger partial charge is 0.390 e. The Morgan fingerprint density at radius 2 is 1.79 bits per heavy atom. The third-order valence-corrected chi connectivity index (χ3v) is 3.85. The number of aliphatic hydroxyl groups is 2. The summed E-state index contributed by atoms with van der Waals surface area (Å²) in [4.78, 5) is 0. The topological polar surface area (TPSA) is 40.5 Å². The molecule has 1 aromatic carbocycles. The van der Waals surface area contributed by atoms with Gasteiger partial charge in [-0.15, -0.1) is 0 Å². The van der Waals surface area contributed by atoms with Gasteiger partial charge in [0.25, 0.3) is 0 Å². The molecule has 2 N–H and O–H groups in total. The zero-order chi connectivity index (χ0) is 14.3. The average Bonchev–Trinajstić information content (AvgIpc) is 2.45. The first-order valence-corrected chi connectivity index (χ1v) is 7.12. The van der Waals surface area contributed by atoms with Crippen LogP contribution in [0.15, 0.2) is 42.5 Å². The summed E-state index contributed by atoms with van der Waals surface area (Å²) in [6.07, 6.45) is 3.06. The van der Waals surface area contributed by atoms with Crippen molar-refractivity contribution >= 4 is 0 Å². The van der Waals surface area contributed by atoms with E-state index in [0.717, 1.165) is 30.4 Å². The van der Waals surface area contributed by atoms with Gasteiger partial charge in [0.2, 0.25) is 0 Å². The first-order chi connectivity index (χ1) is 9.00. The van der Waals surface area contributed by atoms with E-state index in [1.54, 1.807) is 0 Å². The fourth-order valence-corrected chi connectivity index (χ4v) is 2.24. The molecule has 0 aliphatic rings. The van der Waals surface area contributed by atoms with Crippen molar-refractivity contribution in [3.05, 3.63) is 48.0 Å². The van der Waals surface area contributed by atoms with Crippen molar-refractivity contribution in [3.63, 3.8) is 0 Å². The molecule has 19 heavy (non-hydrogen) atoms. The summed E-state index contributed by atoms with van der Waals surface area (Å²) in [6.45, 7) is 8.02. The van der Waals surface area contributed by atoms with Gasteiger partial charge in [-0.1, -0.05) is 56.3 Å². The number of hydrogen-bond acceptors (Lipinski definition) is 2. The molecule has 0 aliphatic carbocycles. The van der Waals surface area contributed by atoms with E-state index >= 15 is 0 Å². The molecule has 0 saturated carbocycles.